The Morgan fingerprint density at radius 2 is 1.97 bits per heavy atom. The first kappa shape index (κ1) is 26.4. The minimum Gasteiger partial charge on any atom is -0.450 e. The van der Waals surface area contributed by atoms with Crippen LogP contribution in [0.25, 0.3) is 0 Å². The molecule has 0 radical (unpaired) electrons. The summed E-state index contributed by atoms with van der Waals surface area (Å²) in [6, 6.07) is 0. The highest BCUT2D eigenvalue weighted by Crippen LogP contribution is 2.73. The number of ether oxygens (including phenoxy) is 1. The third kappa shape index (κ3) is 3.39. The third-order valence-electron chi connectivity index (χ3n) is 9.68. The number of esters is 1. The van der Waals surface area contributed by atoms with Gasteiger partial charge in [0.25, 0.3) is 0 Å². The minimum atomic E-state index is -1.23. The van der Waals surface area contributed by atoms with Crippen LogP contribution in [-0.4, -0.2) is 38.7 Å². The number of carbonyl (C=O) groups excluding carboxylic acids is 3. The average molecular weight is 574 g/mol. The molecule has 0 bridgehead atoms. The van der Waals surface area contributed by atoms with Crippen LogP contribution in [-0.2, 0) is 19.1 Å². The number of ketones is 2. The summed E-state index contributed by atoms with van der Waals surface area (Å²) in [5.41, 5.74) is -1.35. The molecule has 4 aliphatic rings. The van der Waals surface area contributed by atoms with Crippen LogP contribution in [0.3, 0.4) is 0 Å². The topological polar surface area (TPSA) is 60.4 Å². The molecule has 0 amide bonds. The zero-order valence-corrected chi connectivity index (χ0v) is 23.6. The molecule has 3 saturated carbocycles. The highest BCUT2D eigenvalue weighted by molar-refractivity contribution is 9.09. The SMILES string of the molecule is CCCCC(=O)O[C@]1(C(=O)CBr)C(C)C[C@H]2[C@@H]3CCC4=CC(=O)C=C[C@]4(C)[C@@]3(Cl)C(Cl)C[C@@]21C. The van der Waals surface area contributed by atoms with Gasteiger partial charge < -0.3 is 4.74 Å². The van der Waals surface area contributed by atoms with Crippen molar-refractivity contribution >= 4 is 56.7 Å². The lowest BCUT2D eigenvalue weighted by Gasteiger charge is -2.64. The Morgan fingerprint density at radius 1 is 1.26 bits per heavy atom. The number of hydrogen-bond acceptors (Lipinski definition) is 4. The summed E-state index contributed by atoms with van der Waals surface area (Å²) in [5, 5.41) is -0.339. The van der Waals surface area contributed by atoms with Gasteiger partial charge in [-0.3, -0.25) is 14.4 Å². The summed E-state index contributed by atoms with van der Waals surface area (Å²) in [4.78, 5) is 37.9. The number of carbonyl (C=O) groups is 3. The standard InChI is InChI=1S/C27H35BrCl2O4/c1-5-6-7-23(33)34-27(22(32)15-28)16(2)12-20-19-9-8-17-13-18(31)10-11-24(17,3)26(19,30)21(29)14-25(20,27)4/h10-11,13,16,19-21H,5-9,12,14-15H2,1-4H3/t16?,19-,20-,21?,24-,25-,26-,27-/m0/s1. The lowest BCUT2D eigenvalue weighted by Crippen LogP contribution is -2.68. The maximum absolute atomic E-state index is 13.6. The summed E-state index contributed by atoms with van der Waals surface area (Å²) in [5.74, 6) is -0.457. The van der Waals surface area contributed by atoms with Gasteiger partial charge in [-0.25, -0.2) is 0 Å². The first-order valence-corrected chi connectivity index (χ1v) is 14.4. The number of hydrogen-bond donors (Lipinski definition) is 0. The maximum atomic E-state index is 13.6. The average Bonchev–Trinajstić information content (AvgIpc) is 3.00. The van der Waals surface area contributed by atoms with E-state index in [9.17, 15) is 14.4 Å². The predicted molar refractivity (Wildman–Crippen MR) is 138 cm³/mol. The van der Waals surface area contributed by atoms with Crippen LogP contribution in [0.1, 0.15) is 72.6 Å². The summed E-state index contributed by atoms with van der Waals surface area (Å²) < 4.78 is 6.26. The van der Waals surface area contributed by atoms with Crippen molar-refractivity contribution in [2.45, 2.75) is 88.5 Å². The molecule has 0 saturated heterocycles. The first-order chi connectivity index (χ1) is 15.9. The molecule has 8 atom stereocenters. The second kappa shape index (κ2) is 9.03. The van der Waals surface area contributed by atoms with E-state index in [-0.39, 0.29) is 40.6 Å². The molecule has 0 aromatic rings. The van der Waals surface area contributed by atoms with Crippen LogP contribution < -0.4 is 0 Å². The van der Waals surface area contributed by atoms with Gasteiger partial charge in [0, 0.05) is 23.2 Å². The fraction of sp³-hybridized carbons (Fsp3) is 0.741. The monoisotopic (exact) mass is 572 g/mol. The van der Waals surface area contributed by atoms with E-state index in [0.717, 1.165) is 37.7 Å². The van der Waals surface area contributed by atoms with E-state index in [1.54, 1.807) is 12.2 Å². The third-order valence-corrected chi connectivity index (χ3v) is 11.7. The van der Waals surface area contributed by atoms with Gasteiger partial charge in [-0.15, -0.1) is 23.2 Å². The Labute approximate surface area is 221 Å². The Kier molecular flexibility index (Phi) is 7.01. The van der Waals surface area contributed by atoms with Crippen molar-refractivity contribution < 1.29 is 19.1 Å². The number of fused-ring (bicyclic) bond motifs is 5. The lowest BCUT2D eigenvalue weighted by atomic mass is 9.46. The highest BCUT2D eigenvalue weighted by Gasteiger charge is 2.76. The molecule has 34 heavy (non-hydrogen) atoms. The number of unbranched alkanes of at least 4 members (excludes halogenated alkanes) is 1. The maximum Gasteiger partial charge on any atom is 0.306 e. The van der Waals surface area contributed by atoms with Crippen molar-refractivity contribution in [1.29, 1.82) is 0 Å². The van der Waals surface area contributed by atoms with Crippen molar-refractivity contribution in [2.75, 3.05) is 5.33 Å². The summed E-state index contributed by atoms with van der Waals surface area (Å²) in [6.07, 6.45) is 9.98. The molecular formula is C27H35BrCl2O4. The zero-order chi connectivity index (χ0) is 25.1. The van der Waals surface area contributed by atoms with Crippen molar-refractivity contribution in [2.24, 2.45) is 28.6 Å². The summed E-state index contributed by atoms with van der Waals surface area (Å²) >= 11 is 18.2. The van der Waals surface area contributed by atoms with Crippen molar-refractivity contribution in [1.82, 2.24) is 0 Å². The van der Waals surface area contributed by atoms with Gasteiger partial charge in [0.05, 0.1) is 15.6 Å². The van der Waals surface area contributed by atoms with E-state index >= 15 is 0 Å². The summed E-state index contributed by atoms with van der Waals surface area (Å²) in [6.45, 7) is 8.25. The van der Waals surface area contributed by atoms with E-state index < -0.39 is 26.7 Å². The Bertz CT molecular complexity index is 962. The van der Waals surface area contributed by atoms with Crippen LogP contribution in [0.4, 0.5) is 0 Å². The zero-order valence-electron chi connectivity index (χ0n) is 20.5. The van der Waals surface area contributed by atoms with Crippen LogP contribution >= 0.6 is 39.1 Å². The molecule has 0 N–H and O–H groups in total. The largest absolute Gasteiger partial charge is 0.450 e. The fourth-order valence-electron chi connectivity index (χ4n) is 7.98. The molecule has 0 spiro atoms. The molecule has 4 aliphatic carbocycles. The van der Waals surface area contributed by atoms with E-state index in [1.165, 1.54) is 0 Å². The Hall–Kier alpha value is -0.650. The molecule has 3 fully saturated rings. The van der Waals surface area contributed by atoms with Crippen LogP contribution in [0.15, 0.2) is 23.8 Å². The van der Waals surface area contributed by atoms with Gasteiger partial charge in [-0.2, -0.15) is 0 Å². The van der Waals surface area contributed by atoms with Gasteiger partial charge in [-0.05, 0) is 56.1 Å². The van der Waals surface area contributed by atoms with Crippen LogP contribution in [0.2, 0.25) is 0 Å². The molecule has 4 nitrogen and oxygen atoms in total. The number of halogens is 3. The number of alkyl halides is 3. The Morgan fingerprint density at radius 3 is 2.62 bits per heavy atom. The molecule has 188 valence electrons. The second-order valence-electron chi connectivity index (χ2n) is 11.2. The van der Waals surface area contributed by atoms with E-state index in [1.807, 2.05) is 19.9 Å². The van der Waals surface area contributed by atoms with Crippen molar-refractivity contribution in [3.63, 3.8) is 0 Å². The molecule has 7 heteroatoms. The van der Waals surface area contributed by atoms with Crippen molar-refractivity contribution in [3.8, 4) is 0 Å². The molecule has 0 aromatic carbocycles. The lowest BCUT2D eigenvalue weighted by molar-refractivity contribution is -0.192. The number of allylic oxidation sites excluding steroid dienone is 4. The molecule has 4 rings (SSSR count). The predicted octanol–water partition coefficient (Wildman–Crippen LogP) is 6.56. The van der Waals surface area contributed by atoms with E-state index in [2.05, 4.69) is 29.8 Å². The van der Waals surface area contributed by atoms with Crippen LogP contribution in [0.5, 0.6) is 0 Å². The normalized spacial score (nSPS) is 45.1. The van der Waals surface area contributed by atoms with Gasteiger partial charge in [0.1, 0.15) is 0 Å². The summed E-state index contributed by atoms with van der Waals surface area (Å²) in [7, 11) is 0. The Balaban J connectivity index is 1.80. The minimum absolute atomic E-state index is 0.00613. The highest BCUT2D eigenvalue weighted by atomic mass is 79.9. The molecule has 0 aromatic heterocycles. The molecule has 0 heterocycles. The van der Waals surface area contributed by atoms with E-state index in [0.29, 0.717) is 12.8 Å². The van der Waals surface area contributed by atoms with Gasteiger partial charge in [0.2, 0.25) is 0 Å². The number of rotatable bonds is 6. The molecular weight excluding hydrogens is 539 g/mol. The van der Waals surface area contributed by atoms with Crippen LogP contribution in [0, 0.1) is 28.6 Å². The van der Waals surface area contributed by atoms with Gasteiger partial charge >= 0.3 is 5.97 Å². The van der Waals surface area contributed by atoms with Gasteiger partial charge in [0.15, 0.2) is 17.2 Å². The fourth-order valence-corrected chi connectivity index (χ4v) is 9.63. The van der Waals surface area contributed by atoms with Gasteiger partial charge in [-0.1, -0.05) is 61.7 Å². The first-order valence-electron chi connectivity index (χ1n) is 12.5. The number of Topliss-reactive ketones (excluding diaryl/α,β-unsaturated/α-hetero) is 1. The quantitative estimate of drug-likeness (QED) is 0.267. The molecule has 0 aliphatic heterocycles. The van der Waals surface area contributed by atoms with E-state index in [4.69, 9.17) is 27.9 Å². The smallest absolute Gasteiger partial charge is 0.306 e. The molecule has 2 unspecified atom stereocenters. The second-order valence-corrected chi connectivity index (χ2v) is 12.9. The van der Waals surface area contributed by atoms with Crippen molar-refractivity contribution in [3.05, 3.63) is 23.8 Å².